The van der Waals surface area contributed by atoms with E-state index >= 15 is 0 Å². The number of aliphatic hydroxyl groups is 1. The van der Waals surface area contributed by atoms with Crippen LogP contribution < -0.4 is 0 Å². The highest BCUT2D eigenvalue weighted by atomic mass is 16.6. The second kappa shape index (κ2) is 5.09. The summed E-state index contributed by atoms with van der Waals surface area (Å²) in [6.07, 6.45) is 0.667. The summed E-state index contributed by atoms with van der Waals surface area (Å²) in [6, 6.07) is 7.58. The Morgan fingerprint density at radius 2 is 1.95 bits per heavy atom. The largest absolute Gasteiger partial charge is 0.502 e. The van der Waals surface area contributed by atoms with Gasteiger partial charge in [0.15, 0.2) is 0 Å². The number of carbonyl (C=O) groups is 2. The molecular weight excluding hydrogens is 272 g/mol. The van der Waals surface area contributed by atoms with Gasteiger partial charge in [0.25, 0.3) is 0 Å². The van der Waals surface area contributed by atoms with Crippen LogP contribution in [0.3, 0.4) is 0 Å². The van der Waals surface area contributed by atoms with E-state index in [4.69, 9.17) is 9.47 Å². The van der Waals surface area contributed by atoms with Crippen molar-refractivity contribution in [3.8, 4) is 0 Å². The van der Waals surface area contributed by atoms with Gasteiger partial charge in [-0.05, 0) is 18.1 Å². The quantitative estimate of drug-likeness (QED) is 0.841. The lowest BCUT2D eigenvalue weighted by atomic mass is 10.00. The Labute approximate surface area is 121 Å². The monoisotopic (exact) mass is 286 g/mol. The van der Waals surface area contributed by atoms with Gasteiger partial charge in [0, 0.05) is 18.4 Å². The van der Waals surface area contributed by atoms with Crippen molar-refractivity contribution in [1.29, 1.82) is 0 Å². The number of carbonyl (C=O) groups excluding carboxylic acids is 2. The van der Waals surface area contributed by atoms with E-state index in [9.17, 15) is 14.7 Å². The topological polar surface area (TPSA) is 72.8 Å². The number of hydrogen-bond acceptors (Lipinski definition) is 5. The van der Waals surface area contributed by atoms with Crippen LogP contribution in [0.4, 0.5) is 0 Å². The lowest BCUT2D eigenvalue weighted by Crippen LogP contribution is -2.13. The minimum Gasteiger partial charge on any atom is -0.502 e. The standard InChI is InChI=1S/C16H14O5/c1-2-20-15(18)12-8-10-6-4-3-5-9(10)7-11-13(17)16(19)21-14(11)12/h3-6,17H,2,7-8H2,1H3. The van der Waals surface area contributed by atoms with E-state index in [0.717, 1.165) is 11.1 Å². The molecule has 1 aromatic rings. The first-order valence-corrected chi connectivity index (χ1v) is 6.73. The highest BCUT2D eigenvalue weighted by Gasteiger charge is 2.36. The number of ether oxygens (including phenoxy) is 2. The van der Waals surface area contributed by atoms with Crippen molar-refractivity contribution in [2.45, 2.75) is 19.8 Å². The number of allylic oxidation sites excluding steroid dienone is 1. The molecule has 0 amide bonds. The molecule has 0 radical (unpaired) electrons. The zero-order chi connectivity index (χ0) is 15.0. The van der Waals surface area contributed by atoms with E-state index in [1.54, 1.807) is 6.92 Å². The van der Waals surface area contributed by atoms with E-state index < -0.39 is 17.7 Å². The maximum atomic E-state index is 12.1. The van der Waals surface area contributed by atoms with Gasteiger partial charge in [-0.25, -0.2) is 9.59 Å². The summed E-state index contributed by atoms with van der Waals surface area (Å²) in [4.78, 5) is 23.7. The fourth-order valence-electron chi connectivity index (χ4n) is 2.59. The Balaban J connectivity index is 2.16. The SMILES string of the molecule is CCOC(=O)C1=C2OC(=O)C(O)=C2Cc2ccccc2C1. The lowest BCUT2D eigenvalue weighted by Gasteiger charge is -2.09. The molecular formula is C16H14O5. The van der Waals surface area contributed by atoms with Crippen LogP contribution in [0.15, 0.2) is 46.9 Å². The van der Waals surface area contributed by atoms with Gasteiger partial charge in [0.05, 0.1) is 12.2 Å². The number of esters is 2. The van der Waals surface area contributed by atoms with Gasteiger partial charge in [0.2, 0.25) is 5.76 Å². The summed E-state index contributed by atoms with van der Waals surface area (Å²) in [5, 5.41) is 9.89. The highest BCUT2D eigenvalue weighted by molar-refractivity contribution is 5.97. The van der Waals surface area contributed by atoms with Gasteiger partial charge in [-0.15, -0.1) is 0 Å². The summed E-state index contributed by atoms with van der Waals surface area (Å²) >= 11 is 0. The molecule has 1 aromatic carbocycles. The van der Waals surface area contributed by atoms with Crippen LogP contribution in [0.5, 0.6) is 0 Å². The zero-order valence-electron chi connectivity index (χ0n) is 11.5. The third-order valence-electron chi connectivity index (χ3n) is 3.60. The van der Waals surface area contributed by atoms with Crippen molar-refractivity contribution in [3.63, 3.8) is 0 Å². The molecule has 0 saturated carbocycles. The number of rotatable bonds is 2. The molecule has 108 valence electrons. The zero-order valence-corrected chi connectivity index (χ0v) is 11.5. The van der Waals surface area contributed by atoms with Crippen LogP contribution in [0, 0.1) is 0 Å². The third kappa shape index (κ3) is 2.20. The number of hydrogen-bond donors (Lipinski definition) is 1. The van der Waals surface area contributed by atoms with Crippen LogP contribution in [0.25, 0.3) is 0 Å². The number of benzene rings is 1. The van der Waals surface area contributed by atoms with Crippen molar-refractivity contribution in [2.24, 2.45) is 0 Å². The molecule has 2 aliphatic rings. The van der Waals surface area contributed by atoms with E-state index in [1.165, 1.54) is 0 Å². The van der Waals surface area contributed by atoms with Crippen molar-refractivity contribution >= 4 is 11.9 Å². The van der Waals surface area contributed by atoms with Crippen LogP contribution in [0.2, 0.25) is 0 Å². The minimum absolute atomic E-state index is 0.146. The van der Waals surface area contributed by atoms with E-state index in [2.05, 4.69) is 0 Å². The molecule has 1 heterocycles. The molecule has 5 heteroatoms. The van der Waals surface area contributed by atoms with Crippen LogP contribution in [-0.4, -0.2) is 23.7 Å². The second-order valence-corrected chi connectivity index (χ2v) is 4.87. The fraction of sp³-hybridized carbons (Fsp3) is 0.250. The van der Waals surface area contributed by atoms with Gasteiger partial charge in [-0.2, -0.15) is 0 Å². The van der Waals surface area contributed by atoms with E-state index in [0.29, 0.717) is 18.4 Å². The molecule has 0 unspecified atom stereocenters. The predicted octanol–water partition coefficient (Wildman–Crippen LogP) is 1.97. The molecule has 0 atom stereocenters. The molecule has 0 fully saturated rings. The lowest BCUT2D eigenvalue weighted by molar-refractivity contribution is -0.139. The Kier molecular flexibility index (Phi) is 3.25. The first-order valence-electron chi connectivity index (χ1n) is 6.73. The first kappa shape index (κ1) is 13.4. The molecule has 21 heavy (non-hydrogen) atoms. The van der Waals surface area contributed by atoms with Gasteiger partial charge in [-0.1, -0.05) is 24.3 Å². The Morgan fingerprint density at radius 3 is 2.62 bits per heavy atom. The number of aliphatic hydroxyl groups excluding tert-OH is 1. The smallest absolute Gasteiger partial charge is 0.379 e. The molecule has 1 aliphatic heterocycles. The van der Waals surface area contributed by atoms with Crippen molar-refractivity contribution in [1.82, 2.24) is 0 Å². The average Bonchev–Trinajstić information content (AvgIpc) is 2.67. The molecule has 1 aliphatic carbocycles. The van der Waals surface area contributed by atoms with Crippen molar-refractivity contribution in [2.75, 3.05) is 6.61 Å². The average molecular weight is 286 g/mol. The fourth-order valence-corrected chi connectivity index (χ4v) is 2.59. The van der Waals surface area contributed by atoms with Crippen LogP contribution >= 0.6 is 0 Å². The Bertz CT molecular complexity index is 696. The first-order chi connectivity index (χ1) is 10.1. The Morgan fingerprint density at radius 1 is 1.29 bits per heavy atom. The molecule has 1 N–H and O–H groups in total. The van der Waals surface area contributed by atoms with Crippen LogP contribution in [0.1, 0.15) is 18.1 Å². The van der Waals surface area contributed by atoms with Crippen LogP contribution in [-0.2, 0) is 31.9 Å². The summed E-state index contributed by atoms with van der Waals surface area (Å²) in [5.74, 6) is -1.62. The van der Waals surface area contributed by atoms with Gasteiger partial charge >= 0.3 is 11.9 Å². The third-order valence-corrected chi connectivity index (χ3v) is 3.60. The van der Waals surface area contributed by atoms with Gasteiger partial charge in [-0.3, -0.25) is 0 Å². The molecule has 0 saturated heterocycles. The minimum atomic E-state index is -0.818. The summed E-state index contributed by atoms with van der Waals surface area (Å²) in [7, 11) is 0. The maximum Gasteiger partial charge on any atom is 0.379 e. The molecule has 0 spiro atoms. The Hall–Kier alpha value is -2.56. The maximum absolute atomic E-state index is 12.1. The molecule has 5 nitrogen and oxygen atoms in total. The predicted molar refractivity (Wildman–Crippen MR) is 73.3 cm³/mol. The van der Waals surface area contributed by atoms with Gasteiger partial charge < -0.3 is 14.6 Å². The molecule has 0 bridgehead atoms. The van der Waals surface area contributed by atoms with Crippen molar-refractivity contribution in [3.05, 3.63) is 58.1 Å². The molecule has 0 aromatic heterocycles. The normalized spacial score (nSPS) is 17.1. The summed E-state index contributed by atoms with van der Waals surface area (Å²) in [6.45, 7) is 1.94. The second-order valence-electron chi connectivity index (χ2n) is 4.87. The van der Waals surface area contributed by atoms with E-state index in [-0.39, 0.29) is 17.9 Å². The van der Waals surface area contributed by atoms with Gasteiger partial charge in [0.1, 0.15) is 5.76 Å². The number of fused-ring (bicyclic) bond motifs is 2. The summed E-state index contributed by atoms with van der Waals surface area (Å²) in [5.41, 5.74) is 2.54. The highest BCUT2D eigenvalue weighted by Crippen LogP contribution is 2.36. The summed E-state index contributed by atoms with van der Waals surface area (Å²) < 4.78 is 10.1. The van der Waals surface area contributed by atoms with Crippen molar-refractivity contribution < 1.29 is 24.2 Å². The molecule has 3 rings (SSSR count). The van der Waals surface area contributed by atoms with E-state index in [1.807, 2.05) is 24.3 Å².